The summed E-state index contributed by atoms with van der Waals surface area (Å²) in [6.45, 7) is 5.00. The van der Waals surface area contributed by atoms with Crippen LogP contribution in [-0.4, -0.2) is 36.7 Å². The molecule has 1 aliphatic rings. The van der Waals surface area contributed by atoms with Crippen molar-refractivity contribution in [2.45, 2.75) is 32.8 Å². The molecule has 0 aromatic heterocycles. The second-order valence-electron chi connectivity index (χ2n) is 5.94. The lowest BCUT2D eigenvalue weighted by molar-refractivity contribution is -0.131. The summed E-state index contributed by atoms with van der Waals surface area (Å²) in [6.07, 6.45) is 0.0800. The van der Waals surface area contributed by atoms with Crippen LogP contribution in [0, 0.1) is 5.92 Å². The van der Waals surface area contributed by atoms with Gasteiger partial charge in [0.05, 0.1) is 5.71 Å². The normalized spacial score (nSPS) is 16.7. The maximum atomic E-state index is 12.0. The maximum absolute atomic E-state index is 12.0. The Hall–Kier alpha value is -2.37. The van der Waals surface area contributed by atoms with E-state index in [4.69, 9.17) is 4.84 Å². The van der Waals surface area contributed by atoms with Gasteiger partial charge in [-0.25, -0.2) is 0 Å². The van der Waals surface area contributed by atoms with Crippen LogP contribution in [0.15, 0.2) is 35.5 Å². The van der Waals surface area contributed by atoms with Crippen LogP contribution in [0.4, 0.5) is 0 Å². The summed E-state index contributed by atoms with van der Waals surface area (Å²) in [7, 11) is 0. The SMILES string of the molecule is CC(C)CNC(=O)CCNC(=O)C1CC(c2ccccc2)=NO1. The van der Waals surface area contributed by atoms with Crippen LogP contribution in [0.25, 0.3) is 0 Å². The van der Waals surface area contributed by atoms with Gasteiger partial charge in [0.1, 0.15) is 0 Å². The number of carbonyl (C=O) groups excluding carboxylic acids is 2. The first-order valence-corrected chi connectivity index (χ1v) is 7.88. The van der Waals surface area contributed by atoms with E-state index in [1.54, 1.807) is 0 Å². The summed E-state index contributed by atoms with van der Waals surface area (Å²) >= 11 is 0. The van der Waals surface area contributed by atoms with Crippen LogP contribution in [-0.2, 0) is 14.4 Å². The number of oxime groups is 1. The van der Waals surface area contributed by atoms with Crippen molar-refractivity contribution in [1.82, 2.24) is 10.6 Å². The maximum Gasteiger partial charge on any atom is 0.264 e. The van der Waals surface area contributed by atoms with Crippen LogP contribution in [0.5, 0.6) is 0 Å². The molecule has 124 valence electrons. The highest BCUT2D eigenvalue weighted by molar-refractivity contribution is 6.04. The lowest BCUT2D eigenvalue weighted by Crippen LogP contribution is -2.37. The van der Waals surface area contributed by atoms with Crippen molar-refractivity contribution in [3.63, 3.8) is 0 Å². The highest BCUT2D eigenvalue weighted by Gasteiger charge is 2.28. The van der Waals surface area contributed by atoms with Gasteiger partial charge < -0.3 is 15.5 Å². The number of rotatable bonds is 7. The molecule has 0 radical (unpaired) electrons. The zero-order valence-electron chi connectivity index (χ0n) is 13.5. The molecule has 0 spiro atoms. The molecule has 0 fully saturated rings. The molecular weight excluding hydrogens is 294 g/mol. The quantitative estimate of drug-likeness (QED) is 0.799. The average molecular weight is 317 g/mol. The van der Waals surface area contributed by atoms with Gasteiger partial charge in [-0.3, -0.25) is 9.59 Å². The number of nitrogens with one attached hydrogen (secondary N) is 2. The van der Waals surface area contributed by atoms with Crippen molar-refractivity contribution in [2.24, 2.45) is 11.1 Å². The lowest BCUT2D eigenvalue weighted by Gasteiger charge is -2.10. The molecule has 0 saturated heterocycles. The van der Waals surface area contributed by atoms with E-state index in [1.807, 2.05) is 44.2 Å². The smallest absolute Gasteiger partial charge is 0.264 e. The van der Waals surface area contributed by atoms with Gasteiger partial charge in [0.2, 0.25) is 12.0 Å². The summed E-state index contributed by atoms with van der Waals surface area (Å²) in [6, 6.07) is 9.62. The predicted molar refractivity (Wildman–Crippen MR) is 87.9 cm³/mol. The van der Waals surface area contributed by atoms with Crippen molar-refractivity contribution in [3.05, 3.63) is 35.9 Å². The van der Waals surface area contributed by atoms with E-state index in [2.05, 4.69) is 15.8 Å². The third kappa shape index (κ3) is 5.39. The van der Waals surface area contributed by atoms with Crippen LogP contribution in [0.3, 0.4) is 0 Å². The van der Waals surface area contributed by atoms with E-state index < -0.39 is 6.10 Å². The van der Waals surface area contributed by atoms with Crippen molar-refractivity contribution < 1.29 is 14.4 Å². The number of carbonyl (C=O) groups is 2. The summed E-state index contributed by atoms with van der Waals surface area (Å²) in [5.41, 5.74) is 1.72. The molecule has 0 bridgehead atoms. The second-order valence-corrected chi connectivity index (χ2v) is 5.94. The molecular formula is C17H23N3O3. The molecule has 1 aromatic rings. The van der Waals surface area contributed by atoms with Crippen molar-refractivity contribution in [1.29, 1.82) is 0 Å². The van der Waals surface area contributed by atoms with Gasteiger partial charge in [-0.2, -0.15) is 0 Å². The van der Waals surface area contributed by atoms with Crippen LogP contribution in [0.1, 0.15) is 32.3 Å². The first-order valence-electron chi connectivity index (χ1n) is 7.88. The van der Waals surface area contributed by atoms with E-state index >= 15 is 0 Å². The minimum absolute atomic E-state index is 0.0624. The molecule has 0 saturated carbocycles. The van der Waals surface area contributed by atoms with E-state index in [0.717, 1.165) is 11.3 Å². The van der Waals surface area contributed by atoms with Gasteiger partial charge in [-0.05, 0) is 11.5 Å². The molecule has 1 aliphatic heterocycles. The summed E-state index contributed by atoms with van der Waals surface area (Å²) in [4.78, 5) is 28.8. The van der Waals surface area contributed by atoms with Gasteiger partial charge in [0.15, 0.2) is 0 Å². The number of amides is 2. The third-order valence-corrected chi connectivity index (χ3v) is 3.43. The fourth-order valence-electron chi connectivity index (χ4n) is 2.14. The highest BCUT2D eigenvalue weighted by atomic mass is 16.6. The Labute approximate surface area is 136 Å². The Morgan fingerprint density at radius 2 is 2.00 bits per heavy atom. The lowest BCUT2D eigenvalue weighted by atomic mass is 10.0. The Morgan fingerprint density at radius 3 is 2.70 bits per heavy atom. The molecule has 2 N–H and O–H groups in total. The Morgan fingerprint density at radius 1 is 1.26 bits per heavy atom. The fraction of sp³-hybridized carbons (Fsp3) is 0.471. The Bertz CT molecular complexity index is 570. The van der Waals surface area contributed by atoms with Gasteiger partial charge in [0, 0.05) is 25.9 Å². The average Bonchev–Trinajstić information content (AvgIpc) is 3.04. The fourth-order valence-corrected chi connectivity index (χ4v) is 2.14. The zero-order chi connectivity index (χ0) is 16.7. The standard InChI is InChI=1S/C17H23N3O3/c1-12(2)11-19-16(21)8-9-18-17(22)15-10-14(20-23-15)13-6-4-3-5-7-13/h3-7,12,15H,8-11H2,1-2H3,(H,18,22)(H,19,21). The topological polar surface area (TPSA) is 79.8 Å². The molecule has 1 aromatic carbocycles. The van der Waals surface area contributed by atoms with E-state index in [0.29, 0.717) is 25.4 Å². The molecule has 1 atom stereocenters. The Kier molecular flexibility index (Phi) is 6.14. The number of hydrogen-bond donors (Lipinski definition) is 2. The number of nitrogens with zero attached hydrogens (tertiary/aromatic N) is 1. The van der Waals surface area contributed by atoms with E-state index in [1.165, 1.54) is 0 Å². The first-order chi connectivity index (χ1) is 11.1. The monoisotopic (exact) mass is 317 g/mol. The van der Waals surface area contributed by atoms with Crippen LogP contribution >= 0.6 is 0 Å². The summed E-state index contributed by atoms with van der Waals surface area (Å²) < 4.78 is 0. The molecule has 0 aliphatic carbocycles. The molecule has 2 rings (SSSR count). The van der Waals surface area contributed by atoms with Crippen LogP contribution in [0.2, 0.25) is 0 Å². The van der Waals surface area contributed by atoms with Crippen molar-refractivity contribution in [3.8, 4) is 0 Å². The van der Waals surface area contributed by atoms with Crippen LogP contribution < -0.4 is 10.6 Å². The van der Waals surface area contributed by atoms with Gasteiger partial charge >= 0.3 is 0 Å². The first kappa shape index (κ1) is 17.0. The number of benzene rings is 1. The molecule has 23 heavy (non-hydrogen) atoms. The van der Waals surface area contributed by atoms with Gasteiger partial charge in [-0.1, -0.05) is 49.3 Å². The largest absolute Gasteiger partial charge is 0.382 e. The highest BCUT2D eigenvalue weighted by Crippen LogP contribution is 2.16. The third-order valence-electron chi connectivity index (χ3n) is 3.43. The van der Waals surface area contributed by atoms with E-state index in [9.17, 15) is 9.59 Å². The van der Waals surface area contributed by atoms with Gasteiger partial charge in [-0.15, -0.1) is 0 Å². The molecule has 2 amide bonds. The van der Waals surface area contributed by atoms with Gasteiger partial charge in [0.25, 0.3) is 5.91 Å². The minimum Gasteiger partial charge on any atom is -0.382 e. The molecule has 1 unspecified atom stereocenters. The summed E-state index contributed by atoms with van der Waals surface area (Å²) in [5, 5.41) is 9.50. The van der Waals surface area contributed by atoms with Crippen molar-refractivity contribution >= 4 is 17.5 Å². The molecule has 1 heterocycles. The Balaban J connectivity index is 1.69. The van der Waals surface area contributed by atoms with E-state index in [-0.39, 0.29) is 18.2 Å². The molecule has 6 nitrogen and oxygen atoms in total. The summed E-state index contributed by atoms with van der Waals surface area (Å²) in [5.74, 6) is 0.109. The number of hydrogen-bond acceptors (Lipinski definition) is 4. The predicted octanol–water partition coefficient (Wildman–Crippen LogP) is 1.46. The van der Waals surface area contributed by atoms with Crippen molar-refractivity contribution in [2.75, 3.05) is 13.1 Å². The zero-order valence-corrected chi connectivity index (χ0v) is 13.5. The minimum atomic E-state index is -0.621. The second kappa shape index (κ2) is 8.31. The molecule has 6 heteroatoms.